The van der Waals surface area contributed by atoms with E-state index in [2.05, 4.69) is 10.4 Å². The van der Waals surface area contributed by atoms with Gasteiger partial charge in [-0.25, -0.2) is 13.9 Å². The minimum absolute atomic E-state index is 0.205. The molecule has 4 rings (SSSR count). The second-order valence-electron chi connectivity index (χ2n) is 6.73. The molecule has 0 bridgehead atoms. The van der Waals surface area contributed by atoms with Gasteiger partial charge in [-0.2, -0.15) is 5.10 Å². The molecular weight excluding hydrogens is 375 g/mol. The van der Waals surface area contributed by atoms with Crippen LogP contribution >= 0.6 is 0 Å². The number of amides is 2. The molecule has 0 radical (unpaired) electrons. The van der Waals surface area contributed by atoms with Gasteiger partial charge >= 0.3 is 6.09 Å². The summed E-state index contributed by atoms with van der Waals surface area (Å²) in [6, 6.07) is 14.2. The zero-order valence-electron chi connectivity index (χ0n) is 15.7. The predicted octanol–water partition coefficient (Wildman–Crippen LogP) is 3.14. The van der Waals surface area contributed by atoms with Gasteiger partial charge in [-0.15, -0.1) is 0 Å². The molecule has 1 aliphatic heterocycles. The second kappa shape index (κ2) is 7.75. The van der Waals surface area contributed by atoms with Gasteiger partial charge in [-0.3, -0.25) is 9.69 Å². The Morgan fingerprint density at radius 1 is 1.24 bits per heavy atom. The van der Waals surface area contributed by atoms with Gasteiger partial charge < -0.3 is 10.1 Å². The Kier molecular flexibility index (Phi) is 4.99. The maximum absolute atomic E-state index is 14.8. The molecule has 3 aromatic rings. The number of nitrogens with one attached hydrogen (secondary N) is 1. The first kappa shape index (κ1) is 18.7. The molecule has 148 valence electrons. The van der Waals surface area contributed by atoms with E-state index in [1.54, 1.807) is 24.5 Å². The van der Waals surface area contributed by atoms with E-state index >= 15 is 0 Å². The van der Waals surface area contributed by atoms with Crippen LogP contribution in [-0.4, -0.2) is 41.0 Å². The quantitative estimate of drug-likeness (QED) is 0.721. The molecule has 1 aliphatic rings. The number of anilines is 1. The van der Waals surface area contributed by atoms with Crippen LogP contribution < -0.4 is 10.2 Å². The summed E-state index contributed by atoms with van der Waals surface area (Å²) >= 11 is 0. The fourth-order valence-corrected chi connectivity index (χ4v) is 3.18. The monoisotopic (exact) mass is 394 g/mol. The highest BCUT2D eigenvalue weighted by Gasteiger charge is 2.32. The number of aromatic nitrogens is 2. The Morgan fingerprint density at radius 3 is 2.76 bits per heavy atom. The molecule has 1 N–H and O–H groups in total. The topological polar surface area (TPSA) is 76.5 Å². The molecule has 8 heteroatoms. The Morgan fingerprint density at radius 2 is 2.03 bits per heavy atom. The van der Waals surface area contributed by atoms with Gasteiger partial charge in [0.15, 0.2) is 5.82 Å². The van der Waals surface area contributed by atoms with E-state index in [9.17, 15) is 14.0 Å². The molecule has 2 aromatic carbocycles. The SMILES string of the molecule is CC(=O)NC[C@H]1CN(c2ccc(-n3cc(-c4ccccc4)cn3)c(F)c2)C(=O)O1. The van der Waals surface area contributed by atoms with Gasteiger partial charge in [0.25, 0.3) is 0 Å². The van der Waals surface area contributed by atoms with Crippen LogP contribution in [0, 0.1) is 5.82 Å². The average molecular weight is 394 g/mol. The van der Waals surface area contributed by atoms with Crippen molar-refractivity contribution in [2.75, 3.05) is 18.0 Å². The highest BCUT2D eigenvalue weighted by Crippen LogP contribution is 2.26. The first-order valence-corrected chi connectivity index (χ1v) is 9.14. The Labute approximate surface area is 166 Å². The van der Waals surface area contributed by atoms with Crippen LogP contribution in [-0.2, 0) is 9.53 Å². The van der Waals surface area contributed by atoms with Crippen molar-refractivity contribution in [1.29, 1.82) is 0 Å². The number of halogens is 1. The minimum atomic E-state index is -0.571. The van der Waals surface area contributed by atoms with Crippen LogP contribution in [0.3, 0.4) is 0 Å². The summed E-state index contributed by atoms with van der Waals surface area (Å²) in [5.41, 5.74) is 2.52. The molecule has 1 aromatic heterocycles. The Bertz CT molecular complexity index is 1050. The van der Waals surface area contributed by atoms with Gasteiger partial charge in [-0.05, 0) is 23.8 Å². The van der Waals surface area contributed by atoms with Gasteiger partial charge in [0.1, 0.15) is 11.8 Å². The lowest BCUT2D eigenvalue weighted by Gasteiger charge is -2.14. The fraction of sp³-hybridized carbons (Fsp3) is 0.190. The molecule has 29 heavy (non-hydrogen) atoms. The summed E-state index contributed by atoms with van der Waals surface area (Å²) in [6.45, 7) is 1.84. The van der Waals surface area contributed by atoms with E-state index < -0.39 is 18.0 Å². The van der Waals surface area contributed by atoms with E-state index in [1.165, 1.54) is 22.6 Å². The van der Waals surface area contributed by atoms with Crippen molar-refractivity contribution >= 4 is 17.7 Å². The van der Waals surface area contributed by atoms with Gasteiger partial charge in [0, 0.05) is 18.7 Å². The fourth-order valence-electron chi connectivity index (χ4n) is 3.18. The van der Waals surface area contributed by atoms with E-state index in [1.807, 2.05) is 30.3 Å². The number of benzene rings is 2. The molecule has 0 unspecified atom stereocenters. The van der Waals surface area contributed by atoms with Crippen molar-refractivity contribution in [3.8, 4) is 16.8 Å². The normalized spacial score (nSPS) is 16.0. The van der Waals surface area contributed by atoms with E-state index in [-0.39, 0.29) is 24.7 Å². The highest BCUT2D eigenvalue weighted by molar-refractivity contribution is 5.90. The third kappa shape index (κ3) is 3.96. The molecule has 7 nitrogen and oxygen atoms in total. The Hall–Kier alpha value is -3.68. The van der Waals surface area contributed by atoms with Crippen molar-refractivity contribution in [3.63, 3.8) is 0 Å². The number of rotatable bonds is 5. The largest absolute Gasteiger partial charge is 0.442 e. The van der Waals surface area contributed by atoms with Gasteiger partial charge in [0.05, 0.1) is 25.0 Å². The third-order valence-electron chi connectivity index (χ3n) is 4.63. The predicted molar refractivity (Wildman–Crippen MR) is 105 cm³/mol. The van der Waals surface area contributed by atoms with Crippen molar-refractivity contribution in [2.45, 2.75) is 13.0 Å². The van der Waals surface area contributed by atoms with Gasteiger partial charge in [0.2, 0.25) is 5.91 Å². The second-order valence-corrected chi connectivity index (χ2v) is 6.73. The summed E-state index contributed by atoms with van der Waals surface area (Å²) < 4.78 is 21.5. The molecule has 0 saturated carbocycles. The van der Waals surface area contributed by atoms with E-state index in [0.717, 1.165) is 11.1 Å². The molecule has 0 aliphatic carbocycles. The number of carbonyl (C=O) groups excluding carboxylic acids is 2. The van der Waals surface area contributed by atoms with Crippen LogP contribution in [0.25, 0.3) is 16.8 Å². The smallest absolute Gasteiger partial charge is 0.414 e. The van der Waals surface area contributed by atoms with Crippen molar-refractivity contribution in [1.82, 2.24) is 15.1 Å². The van der Waals surface area contributed by atoms with Crippen molar-refractivity contribution in [2.24, 2.45) is 0 Å². The number of cyclic esters (lactones) is 1. The molecule has 1 saturated heterocycles. The molecule has 2 heterocycles. The molecule has 1 atom stereocenters. The van der Waals surface area contributed by atoms with Crippen molar-refractivity contribution < 1.29 is 18.7 Å². The van der Waals surface area contributed by atoms with E-state index in [4.69, 9.17) is 4.74 Å². The highest BCUT2D eigenvalue weighted by atomic mass is 19.1. The maximum Gasteiger partial charge on any atom is 0.414 e. The molecule has 2 amide bonds. The molecular formula is C21H19FN4O3. The average Bonchev–Trinajstić information content (AvgIpc) is 3.34. The zero-order chi connectivity index (χ0) is 20.4. The molecule has 1 fully saturated rings. The summed E-state index contributed by atoms with van der Waals surface area (Å²) in [7, 11) is 0. The summed E-state index contributed by atoms with van der Waals surface area (Å²) in [5, 5.41) is 6.86. The lowest BCUT2D eigenvalue weighted by Crippen LogP contribution is -2.33. The number of hydrogen-bond acceptors (Lipinski definition) is 4. The number of nitrogens with zero attached hydrogens (tertiary/aromatic N) is 3. The van der Waals surface area contributed by atoms with Crippen LogP contribution in [0.1, 0.15) is 6.92 Å². The number of hydrogen-bond donors (Lipinski definition) is 1. The van der Waals surface area contributed by atoms with Crippen LogP contribution in [0.2, 0.25) is 0 Å². The summed E-state index contributed by atoms with van der Waals surface area (Å²) in [4.78, 5) is 24.5. The lowest BCUT2D eigenvalue weighted by atomic mass is 10.1. The molecule has 0 spiro atoms. The van der Waals surface area contributed by atoms with Crippen LogP contribution in [0.15, 0.2) is 60.9 Å². The standard InChI is InChI=1S/C21H19FN4O3/c1-14(27)23-11-18-13-25(21(28)29-18)17-7-8-20(19(22)9-17)26-12-16(10-24-26)15-5-3-2-4-6-15/h2-10,12,18H,11,13H2,1H3,(H,23,27)/t18-/m0/s1. The van der Waals surface area contributed by atoms with Crippen LogP contribution in [0.5, 0.6) is 0 Å². The first-order valence-electron chi connectivity index (χ1n) is 9.14. The zero-order valence-corrected chi connectivity index (χ0v) is 15.7. The minimum Gasteiger partial charge on any atom is -0.442 e. The van der Waals surface area contributed by atoms with Crippen LogP contribution in [0.4, 0.5) is 14.9 Å². The van der Waals surface area contributed by atoms with E-state index in [0.29, 0.717) is 5.69 Å². The summed E-state index contributed by atoms with van der Waals surface area (Å²) in [5.74, 6) is -0.715. The number of ether oxygens (including phenoxy) is 1. The van der Waals surface area contributed by atoms with Gasteiger partial charge in [-0.1, -0.05) is 30.3 Å². The lowest BCUT2D eigenvalue weighted by molar-refractivity contribution is -0.119. The van der Waals surface area contributed by atoms with Crippen molar-refractivity contribution in [3.05, 3.63) is 66.7 Å². The third-order valence-corrected chi connectivity index (χ3v) is 4.63. The first-order chi connectivity index (χ1) is 14.0. The number of carbonyl (C=O) groups is 2. The summed E-state index contributed by atoms with van der Waals surface area (Å²) in [6.07, 6.45) is 2.38. The Balaban J connectivity index is 1.52. The maximum atomic E-state index is 14.8.